The number of ether oxygens (including phenoxy) is 1. The molecule has 0 aromatic carbocycles. The molecule has 7 nitrogen and oxygen atoms in total. The molecule has 9 heteroatoms. The molecule has 4 N–H and O–H groups in total. The minimum absolute atomic E-state index is 0.147. The van der Waals surface area contributed by atoms with Crippen LogP contribution in [-0.2, 0) is 9.53 Å². The third-order valence-corrected chi connectivity index (χ3v) is 6.76. The highest BCUT2D eigenvalue weighted by Gasteiger charge is 2.48. The molecule has 2 heterocycles. The van der Waals surface area contributed by atoms with Crippen molar-refractivity contribution < 1.29 is 24.9 Å². The number of halogens is 1. The molecule has 0 aromatic rings. The van der Waals surface area contributed by atoms with Gasteiger partial charge in [0.25, 0.3) is 0 Å². The van der Waals surface area contributed by atoms with Crippen LogP contribution in [-0.4, -0.2) is 93.3 Å². The molecule has 0 unspecified atom stereocenters. The summed E-state index contributed by atoms with van der Waals surface area (Å²) in [5.74, 6) is 0.350. The predicted molar refractivity (Wildman–Crippen MR) is 107 cm³/mol. The molecule has 27 heavy (non-hydrogen) atoms. The summed E-state index contributed by atoms with van der Waals surface area (Å²) in [5, 5.41) is 33.0. The van der Waals surface area contributed by atoms with Crippen molar-refractivity contribution in [3.63, 3.8) is 0 Å². The Balaban J connectivity index is 2.09. The van der Waals surface area contributed by atoms with Gasteiger partial charge in [-0.2, -0.15) is 0 Å². The van der Waals surface area contributed by atoms with Crippen LogP contribution >= 0.6 is 23.4 Å². The maximum atomic E-state index is 12.9. The summed E-state index contributed by atoms with van der Waals surface area (Å²) in [5.41, 5.74) is -0.702. The van der Waals surface area contributed by atoms with Crippen LogP contribution in [0.25, 0.3) is 0 Å². The lowest BCUT2D eigenvalue weighted by molar-refractivity contribution is -0.205. The zero-order valence-electron chi connectivity index (χ0n) is 16.4. The van der Waals surface area contributed by atoms with Gasteiger partial charge in [-0.25, -0.2) is 0 Å². The maximum absolute atomic E-state index is 12.9. The molecule has 158 valence electrons. The number of carbonyl (C=O) groups excluding carboxylic acids is 1. The largest absolute Gasteiger partial charge is 0.388 e. The van der Waals surface area contributed by atoms with E-state index in [0.717, 1.165) is 25.8 Å². The van der Waals surface area contributed by atoms with Gasteiger partial charge in [0.05, 0.1) is 17.5 Å². The van der Waals surface area contributed by atoms with Gasteiger partial charge in [0.15, 0.2) is 0 Å². The number of likely N-dealkylation sites (N-methyl/N-ethyl adjacent to an activating group) is 1. The van der Waals surface area contributed by atoms with Gasteiger partial charge >= 0.3 is 0 Å². The second kappa shape index (κ2) is 10.1. The van der Waals surface area contributed by atoms with Crippen molar-refractivity contribution in [1.29, 1.82) is 0 Å². The number of likely N-dealkylation sites (tertiary alicyclic amines) is 1. The molecule has 2 aliphatic rings. The number of carbonyl (C=O) groups is 1. The third-order valence-electron chi connectivity index (χ3n) is 5.63. The SMILES string of the molecule is CCC[C@@H]1C[C@H](C(=O)N[C@H]([C@@H]2O[C@@H](SC)[C@@H](O)[C@@H](O)[C@@H]2O)[C@@H](C)Cl)N(C)C1. The Bertz CT molecular complexity index is 498. The number of hydrogen-bond donors (Lipinski definition) is 4. The third kappa shape index (κ3) is 5.29. The van der Waals surface area contributed by atoms with Gasteiger partial charge < -0.3 is 25.4 Å². The second-order valence-corrected chi connectivity index (χ2v) is 9.36. The molecule has 1 amide bonds. The van der Waals surface area contributed by atoms with Crippen molar-refractivity contribution >= 4 is 29.3 Å². The fourth-order valence-corrected chi connectivity index (χ4v) is 5.00. The van der Waals surface area contributed by atoms with E-state index < -0.39 is 41.3 Å². The molecule has 0 spiro atoms. The number of nitrogens with one attached hydrogen (secondary N) is 1. The standard InChI is InChI=1S/C18H33ClN2O5S/c1-5-6-10-7-11(21(3)8-10)17(25)20-12(9(2)19)16-14(23)13(22)15(24)18(26-16)27-4/h9-16,18,22-24H,5-8H2,1-4H3,(H,20,25)/t9-,10-,11-,12+,13+,14+,15+,16+,18+/m1/s1. The van der Waals surface area contributed by atoms with Crippen molar-refractivity contribution in [1.82, 2.24) is 10.2 Å². The highest BCUT2D eigenvalue weighted by molar-refractivity contribution is 7.99. The molecule has 2 aliphatic heterocycles. The Morgan fingerprint density at radius 1 is 1.33 bits per heavy atom. The Hall–Kier alpha value is -0.0900. The van der Waals surface area contributed by atoms with Crippen LogP contribution in [0.3, 0.4) is 0 Å². The predicted octanol–water partition coefficient (Wildman–Crippen LogP) is 0.390. The fourth-order valence-electron chi connectivity index (χ4n) is 4.11. The number of hydrogen-bond acceptors (Lipinski definition) is 7. The van der Waals surface area contributed by atoms with Crippen LogP contribution in [0.1, 0.15) is 33.1 Å². The number of rotatable bonds is 7. The van der Waals surface area contributed by atoms with Crippen LogP contribution < -0.4 is 5.32 Å². The summed E-state index contributed by atoms with van der Waals surface area (Å²) in [7, 11) is 1.94. The van der Waals surface area contributed by atoms with Gasteiger partial charge in [-0.15, -0.1) is 23.4 Å². The van der Waals surface area contributed by atoms with E-state index in [-0.39, 0.29) is 11.9 Å². The number of aliphatic hydroxyl groups is 3. The summed E-state index contributed by atoms with van der Waals surface area (Å²) >= 11 is 7.55. The average molecular weight is 425 g/mol. The number of aliphatic hydroxyl groups excluding tert-OH is 3. The zero-order chi connectivity index (χ0) is 20.3. The second-order valence-electron chi connectivity index (χ2n) is 7.73. The first-order chi connectivity index (χ1) is 12.7. The molecule has 2 saturated heterocycles. The lowest BCUT2D eigenvalue weighted by atomic mass is 9.92. The van der Waals surface area contributed by atoms with Crippen molar-refractivity contribution in [3.05, 3.63) is 0 Å². The van der Waals surface area contributed by atoms with E-state index in [1.165, 1.54) is 11.8 Å². The van der Waals surface area contributed by atoms with Crippen molar-refractivity contribution in [2.75, 3.05) is 19.8 Å². The molecular weight excluding hydrogens is 392 g/mol. The van der Waals surface area contributed by atoms with Gasteiger partial charge in [0, 0.05) is 6.54 Å². The van der Waals surface area contributed by atoms with Gasteiger partial charge in [0.1, 0.15) is 29.9 Å². The molecule has 0 aliphatic carbocycles. The van der Waals surface area contributed by atoms with E-state index in [1.807, 2.05) is 11.9 Å². The highest BCUT2D eigenvalue weighted by Crippen LogP contribution is 2.31. The van der Waals surface area contributed by atoms with Gasteiger partial charge in [-0.05, 0) is 39.0 Å². The summed E-state index contributed by atoms with van der Waals surface area (Å²) in [6.45, 7) is 4.74. The Labute approximate surface area is 170 Å². The first-order valence-electron chi connectivity index (χ1n) is 9.58. The summed E-state index contributed by atoms with van der Waals surface area (Å²) in [6, 6.07) is -0.934. The summed E-state index contributed by atoms with van der Waals surface area (Å²) in [6.07, 6.45) is -0.0980. The number of thioether (sulfide) groups is 1. The minimum Gasteiger partial charge on any atom is -0.388 e. The Morgan fingerprint density at radius 2 is 2.00 bits per heavy atom. The van der Waals surface area contributed by atoms with E-state index >= 15 is 0 Å². The minimum atomic E-state index is -1.36. The molecule has 0 aromatic heterocycles. The van der Waals surface area contributed by atoms with E-state index in [2.05, 4.69) is 12.2 Å². The van der Waals surface area contributed by atoms with Crippen molar-refractivity contribution in [3.8, 4) is 0 Å². The topological polar surface area (TPSA) is 102 Å². The highest BCUT2D eigenvalue weighted by atomic mass is 35.5. The molecule has 0 radical (unpaired) electrons. The average Bonchev–Trinajstić information content (AvgIpc) is 2.99. The van der Waals surface area contributed by atoms with Crippen LogP contribution in [0, 0.1) is 5.92 Å². The molecule has 2 fully saturated rings. The van der Waals surface area contributed by atoms with Crippen molar-refractivity contribution in [2.24, 2.45) is 5.92 Å². The quantitative estimate of drug-likeness (QED) is 0.438. The van der Waals surface area contributed by atoms with Crippen LogP contribution in [0.2, 0.25) is 0 Å². The first kappa shape index (κ1) is 23.2. The van der Waals surface area contributed by atoms with E-state index in [0.29, 0.717) is 5.92 Å². The van der Waals surface area contributed by atoms with Gasteiger partial charge in [-0.3, -0.25) is 9.69 Å². The molecule has 0 bridgehead atoms. The first-order valence-corrected chi connectivity index (χ1v) is 11.3. The van der Waals surface area contributed by atoms with Crippen LogP contribution in [0.5, 0.6) is 0 Å². The van der Waals surface area contributed by atoms with E-state index in [9.17, 15) is 20.1 Å². The normalized spacial score (nSPS) is 39.9. The number of nitrogens with zero attached hydrogens (tertiary/aromatic N) is 1. The molecule has 9 atom stereocenters. The Kier molecular flexibility index (Phi) is 8.67. The lowest BCUT2D eigenvalue weighted by Crippen LogP contribution is -2.65. The molecule has 0 saturated carbocycles. The summed E-state index contributed by atoms with van der Waals surface area (Å²) < 4.78 is 5.79. The monoisotopic (exact) mass is 424 g/mol. The molecular formula is C18H33ClN2O5S. The van der Waals surface area contributed by atoms with E-state index in [4.69, 9.17) is 16.3 Å². The fraction of sp³-hybridized carbons (Fsp3) is 0.944. The number of alkyl halides is 1. The molecule has 2 rings (SSSR count). The van der Waals surface area contributed by atoms with Crippen LogP contribution in [0.4, 0.5) is 0 Å². The maximum Gasteiger partial charge on any atom is 0.237 e. The van der Waals surface area contributed by atoms with E-state index in [1.54, 1.807) is 13.2 Å². The summed E-state index contributed by atoms with van der Waals surface area (Å²) in [4.78, 5) is 14.9. The smallest absolute Gasteiger partial charge is 0.237 e. The van der Waals surface area contributed by atoms with Crippen molar-refractivity contribution in [2.45, 2.75) is 80.4 Å². The van der Waals surface area contributed by atoms with Crippen LogP contribution in [0.15, 0.2) is 0 Å². The Morgan fingerprint density at radius 3 is 2.56 bits per heavy atom. The zero-order valence-corrected chi connectivity index (χ0v) is 18.0. The number of amides is 1. The van der Waals surface area contributed by atoms with Gasteiger partial charge in [-0.1, -0.05) is 13.3 Å². The van der Waals surface area contributed by atoms with Gasteiger partial charge in [0.2, 0.25) is 5.91 Å². The lowest BCUT2D eigenvalue weighted by Gasteiger charge is -2.44.